The first-order valence-corrected chi connectivity index (χ1v) is 10.0. The maximum atomic E-state index is 12.7. The molecule has 5 rings (SSSR count). The average molecular weight is 406 g/mol. The van der Waals surface area contributed by atoms with Crippen molar-refractivity contribution in [3.63, 3.8) is 0 Å². The van der Waals surface area contributed by atoms with Crippen LogP contribution < -0.4 is 14.8 Å². The number of amides is 2. The number of piperidine rings is 1. The number of hydrogen-bond donors (Lipinski definition) is 1. The van der Waals surface area contributed by atoms with Crippen molar-refractivity contribution >= 4 is 11.7 Å². The maximum absolute atomic E-state index is 12.7. The van der Waals surface area contributed by atoms with E-state index in [-0.39, 0.29) is 18.7 Å². The van der Waals surface area contributed by atoms with E-state index in [0.717, 1.165) is 29.7 Å². The highest BCUT2D eigenvalue weighted by Gasteiger charge is 2.29. The molecule has 0 aliphatic carbocycles. The van der Waals surface area contributed by atoms with E-state index < -0.39 is 0 Å². The molecule has 1 aromatic heterocycles. The molecule has 1 unspecified atom stereocenters. The lowest BCUT2D eigenvalue weighted by Gasteiger charge is -2.31. The Kier molecular flexibility index (Phi) is 4.74. The second-order valence-corrected chi connectivity index (χ2v) is 7.59. The number of benzene rings is 2. The molecule has 2 aliphatic rings. The Morgan fingerprint density at radius 1 is 1.10 bits per heavy atom. The third-order valence-electron chi connectivity index (χ3n) is 5.42. The van der Waals surface area contributed by atoms with Crippen molar-refractivity contribution in [2.24, 2.45) is 0 Å². The van der Waals surface area contributed by atoms with E-state index >= 15 is 0 Å². The van der Waals surface area contributed by atoms with Crippen LogP contribution in [0.4, 0.5) is 10.5 Å². The number of aryl methyl sites for hydroxylation is 1. The van der Waals surface area contributed by atoms with Crippen molar-refractivity contribution < 1.29 is 18.7 Å². The third kappa shape index (κ3) is 3.68. The molecule has 2 aliphatic heterocycles. The molecule has 1 N–H and O–H groups in total. The van der Waals surface area contributed by atoms with Gasteiger partial charge in [-0.15, -0.1) is 10.2 Å². The van der Waals surface area contributed by atoms with Crippen molar-refractivity contribution in [2.45, 2.75) is 25.7 Å². The zero-order valence-electron chi connectivity index (χ0n) is 16.6. The summed E-state index contributed by atoms with van der Waals surface area (Å²) in [5.74, 6) is 2.38. The number of urea groups is 1. The molecule has 1 atom stereocenters. The number of nitrogens with zero attached hydrogens (tertiary/aromatic N) is 3. The number of rotatable bonds is 3. The lowest BCUT2D eigenvalue weighted by atomic mass is 9.98. The van der Waals surface area contributed by atoms with E-state index in [1.807, 2.05) is 49.4 Å². The SMILES string of the molecule is Cc1ccc(NC(=O)N2CCCC(c3nnc(-c4ccc5c(c4)OCO5)o3)C2)cc1. The molecule has 0 bridgehead atoms. The third-order valence-corrected chi connectivity index (χ3v) is 5.42. The zero-order valence-corrected chi connectivity index (χ0v) is 16.6. The predicted octanol–water partition coefficient (Wildman–Crippen LogP) is 4.19. The standard InChI is InChI=1S/C22H22N4O4/c1-14-4-7-17(8-5-14)23-22(27)26-10-2-3-16(12-26)21-25-24-20(30-21)15-6-9-18-19(11-15)29-13-28-18/h4-9,11,16H,2-3,10,12-13H2,1H3,(H,23,27). The Hall–Kier alpha value is -3.55. The summed E-state index contributed by atoms with van der Waals surface area (Å²) in [5.41, 5.74) is 2.72. The van der Waals surface area contributed by atoms with Gasteiger partial charge in [-0.3, -0.25) is 0 Å². The van der Waals surface area contributed by atoms with Gasteiger partial charge in [-0.1, -0.05) is 17.7 Å². The van der Waals surface area contributed by atoms with Gasteiger partial charge in [-0.05, 0) is 50.1 Å². The number of anilines is 1. The van der Waals surface area contributed by atoms with Gasteiger partial charge in [0.15, 0.2) is 11.5 Å². The molecule has 30 heavy (non-hydrogen) atoms. The van der Waals surface area contributed by atoms with Crippen LogP contribution in [0.5, 0.6) is 11.5 Å². The van der Waals surface area contributed by atoms with Gasteiger partial charge >= 0.3 is 6.03 Å². The van der Waals surface area contributed by atoms with Gasteiger partial charge in [0.05, 0.1) is 5.92 Å². The monoisotopic (exact) mass is 406 g/mol. The second kappa shape index (κ2) is 7.70. The van der Waals surface area contributed by atoms with E-state index in [4.69, 9.17) is 13.9 Å². The van der Waals surface area contributed by atoms with E-state index in [1.54, 1.807) is 4.90 Å². The van der Waals surface area contributed by atoms with Gasteiger partial charge in [0.1, 0.15) is 0 Å². The molecule has 3 aromatic rings. The Morgan fingerprint density at radius 2 is 1.93 bits per heavy atom. The number of ether oxygens (including phenoxy) is 2. The minimum Gasteiger partial charge on any atom is -0.454 e. The number of aromatic nitrogens is 2. The van der Waals surface area contributed by atoms with Gasteiger partial charge in [0, 0.05) is 24.3 Å². The molecule has 0 spiro atoms. The van der Waals surface area contributed by atoms with Crippen LogP contribution in [0.2, 0.25) is 0 Å². The van der Waals surface area contributed by atoms with Crippen LogP contribution in [0, 0.1) is 6.92 Å². The van der Waals surface area contributed by atoms with Crippen LogP contribution in [0.3, 0.4) is 0 Å². The summed E-state index contributed by atoms with van der Waals surface area (Å²) in [6, 6.07) is 13.2. The summed E-state index contributed by atoms with van der Waals surface area (Å²) in [6.45, 7) is 3.48. The highest BCUT2D eigenvalue weighted by molar-refractivity contribution is 5.89. The number of carbonyl (C=O) groups excluding carboxylic acids is 1. The van der Waals surface area contributed by atoms with Crippen LogP contribution in [-0.4, -0.2) is 41.0 Å². The Balaban J connectivity index is 1.27. The van der Waals surface area contributed by atoms with Gasteiger partial charge in [0.25, 0.3) is 0 Å². The highest BCUT2D eigenvalue weighted by Crippen LogP contribution is 2.36. The lowest BCUT2D eigenvalue weighted by molar-refractivity contribution is 0.174. The maximum Gasteiger partial charge on any atom is 0.321 e. The first-order chi connectivity index (χ1) is 14.7. The van der Waals surface area contributed by atoms with E-state index in [2.05, 4.69) is 15.5 Å². The number of carbonyl (C=O) groups is 1. The summed E-state index contributed by atoms with van der Waals surface area (Å²) in [6.07, 6.45) is 1.78. The Morgan fingerprint density at radius 3 is 2.80 bits per heavy atom. The van der Waals surface area contributed by atoms with E-state index in [9.17, 15) is 4.79 Å². The fourth-order valence-corrected chi connectivity index (χ4v) is 3.75. The quantitative estimate of drug-likeness (QED) is 0.702. The first kappa shape index (κ1) is 18.5. The summed E-state index contributed by atoms with van der Waals surface area (Å²) >= 11 is 0. The molecule has 8 heteroatoms. The van der Waals surface area contributed by atoms with Crippen molar-refractivity contribution in [1.82, 2.24) is 15.1 Å². The topological polar surface area (TPSA) is 89.7 Å². The van der Waals surface area contributed by atoms with Crippen LogP contribution in [0.25, 0.3) is 11.5 Å². The van der Waals surface area contributed by atoms with Crippen molar-refractivity contribution in [2.75, 3.05) is 25.2 Å². The lowest BCUT2D eigenvalue weighted by Crippen LogP contribution is -2.41. The molecular weight excluding hydrogens is 384 g/mol. The molecule has 0 radical (unpaired) electrons. The molecule has 0 saturated carbocycles. The average Bonchev–Trinajstić information content (AvgIpc) is 3.44. The Bertz CT molecular complexity index is 1060. The minimum absolute atomic E-state index is 0.0118. The molecule has 3 heterocycles. The normalized spacial score (nSPS) is 17.8. The largest absolute Gasteiger partial charge is 0.454 e. The van der Waals surface area contributed by atoms with Crippen molar-refractivity contribution in [3.05, 3.63) is 53.9 Å². The fourth-order valence-electron chi connectivity index (χ4n) is 3.75. The van der Waals surface area contributed by atoms with Gasteiger partial charge in [-0.25, -0.2) is 4.79 Å². The van der Waals surface area contributed by atoms with E-state index in [1.165, 1.54) is 0 Å². The summed E-state index contributed by atoms with van der Waals surface area (Å²) in [7, 11) is 0. The van der Waals surface area contributed by atoms with Crippen LogP contribution >= 0.6 is 0 Å². The smallest absolute Gasteiger partial charge is 0.321 e. The molecule has 2 amide bonds. The van der Waals surface area contributed by atoms with Gasteiger partial charge < -0.3 is 24.1 Å². The van der Waals surface area contributed by atoms with E-state index in [0.29, 0.717) is 36.4 Å². The Labute approximate surface area is 173 Å². The van der Waals surface area contributed by atoms with Gasteiger partial charge in [0.2, 0.25) is 18.6 Å². The first-order valence-electron chi connectivity index (χ1n) is 10.0. The van der Waals surface area contributed by atoms with Crippen LogP contribution in [0.1, 0.15) is 30.2 Å². The molecule has 154 valence electrons. The van der Waals surface area contributed by atoms with Gasteiger partial charge in [-0.2, -0.15) is 0 Å². The molecular formula is C22H22N4O4. The minimum atomic E-state index is -0.112. The van der Waals surface area contributed by atoms with Crippen molar-refractivity contribution in [3.8, 4) is 23.0 Å². The molecule has 1 fully saturated rings. The summed E-state index contributed by atoms with van der Waals surface area (Å²) < 4.78 is 16.7. The highest BCUT2D eigenvalue weighted by atomic mass is 16.7. The van der Waals surface area contributed by atoms with Crippen LogP contribution in [-0.2, 0) is 0 Å². The zero-order chi connectivity index (χ0) is 20.5. The molecule has 8 nitrogen and oxygen atoms in total. The number of hydrogen-bond acceptors (Lipinski definition) is 6. The predicted molar refractivity (Wildman–Crippen MR) is 110 cm³/mol. The van der Waals surface area contributed by atoms with Crippen LogP contribution in [0.15, 0.2) is 46.9 Å². The fraction of sp³-hybridized carbons (Fsp3) is 0.318. The number of nitrogens with one attached hydrogen (secondary N) is 1. The number of fused-ring (bicyclic) bond motifs is 1. The second-order valence-electron chi connectivity index (χ2n) is 7.59. The number of likely N-dealkylation sites (tertiary alicyclic amines) is 1. The molecule has 1 saturated heterocycles. The molecule has 2 aromatic carbocycles. The summed E-state index contributed by atoms with van der Waals surface area (Å²) in [4.78, 5) is 14.5. The summed E-state index contributed by atoms with van der Waals surface area (Å²) in [5, 5.41) is 11.4. The van der Waals surface area contributed by atoms with Crippen molar-refractivity contribution in [1.29, 1.82) is 0 Å².